The molecule has 1 aromatic rings. The number of likely N-dealkylation sites (tertiary alicyclic amines) is 1. The van der Waals surface area contributed by atoms with Crippen LogP contribution in [0.3, 0.4) is 0 Å². The summed E-state index contributed by atoms with van der Waals surface area (Å²) in [5.41, 5.74) is -0.0718. The summed E-state index contributed by atoms with van der Waals surface area (Å²) in [6.45, 7) is 3.34. The summed E-state index contributed by atoms with van der Waals surface area (Å²) < 4.78 is 0. The number of carbonyl (C=O) groups excluding carboxylic acids is 1. The number of nitrogens with zero attached hydrogens (tertiary/aromatic N) is 3. The number of piperidine rings is 1. The van der Waals surface area contributed by atoms with E-state index in [4.69, 9.17) is 11.6 Å². The van der Waals surface area contributed by atoms with Crippen molar-refractivity contribution >= 4 is 23.3 Å². The van der Waals surface area contributed by atoms with Crippen LogP contribution in [0.4, 0.5) is 5.82 Å². The van der Waals surface area contributed by atoms with Crippen LogP contribution in [0.1, 0.15) is 30.3 Å². The molecule has 0 aliphatic carbocycles. The molecule has 1 amide bonds. The van der Waals surface area contributed by atoms with Gasteiger partial charge in [-0.1, -0.05) is 23.6 Å². The first-order valence-electron chi connectivity index (χ1n) is 5.68. The van der Waals surface area contributed by atoms with E-state index >= 15 is 0 Å². The Morgan fingerprint density at radius 1 is 1.67 bits per heavy atom. The summed E-state index contributed by atoms with van der Waals surface area (Å²) in [5.74, 6) is -0.364. The molecule has 98 valence electrons. The lowest BCUT2D eigenvalue weighted by molar-refractivity contribution is -0.389. The van der Waals surface area contributed by atoms with Crippen molar-refractivity contribution in [1.29, 1.82) is 0 Å². The molecule has 0 saturated carbocycles. The van der Waals surface area contributed by atoms with E-state index in [0.29, 0.717) is 19.0 Å². The number of rotatable bonds is 2. The molecule has 1 aliphatic rings. The molecule has 18 heavy (non-hydrogen) atoms. The molecular formula is C10H13ClN4O3. The van der Waals surface area contributed by atoms with Gasteiger partial charge in [0.1, 0.15) is 0 Å². The third-order valence-electron chi connectivity index (χ3n) is 3.02. The standard InChI is InChI=1S/C10H13ClN4O3/c1-6-3-2-4-14(5-6)10(16)8-7(11)9(13-12-8)15(17)18/h6H,2-5H2,1H3,(H,12,13). The highest BCUT2D eigenvalue weighted by atomic mass is 35.5. The summed E-state index contributed by atoms with van der Waals surface area (Å²) in [6, 6.07) is 0. The fourth-order valence-electron chi connectivity index (χ4n) is 2.11. The van der Waals surface area contributed by atoms with Gasteiger partial charge in [-0.2, -0.15) is 0 Å². The van der Waals surface area contributed by atoms with Gasteiger partial charge in [0.05, 0.1) is 0 Å². The number of aromatic amines is 1. The first kappa shape index (κ1) is 12.8. The Kier molecular flexibility index (Phi) is 3.51. The maximum Gasteiger partial charge on any atom is 0.362 e. The maximum atomic E-state index is 12.1. The monoisotopic (exact) mass is 272 g/mol. The van der Waals surface area contributed by atoms with Crippen molar-refractivity contribution in [2.24, 2.45) is 5.92 Å². The largest absolute Gasteiger partial charge is 0.362 e. The summed E-state index contributed by atoms with van der Waals surface area (Å²) in [4.78, 5) is 23.7. The highest BCUT2D eigenvalue weighted by Crippen LogP contribution is 2.27. The van der Waals surface area contributed by atoms with E-state index in [9.17, 15) is 14.9 Å². The van der Waals surface area contributed by atoms with Crippen molar-refractivity contribution in [3.05, 3.63) is 20.8 Å². The summed E-state index contributed by atoms with van der Waals surface area (Å²) in [6.07, 6.45) is 2.01. The van der Waals surface area contributed by atoms with Crippen LogP contribution in [0.15, 0.2) is 0 Å². The van der Waals surface area contributed by atoms with Crippen molar-refractivity contribution < 1.29 is 9.72 Å². The Morgan fingerprint density at radius 2 is 2.39 bits per heavy atom. The Balaban J connectivity index is 2.21. The average Bonchev–Trinajstić information content (AvgIpc) is 2.70. The van der Waals surface area contributed by atoms with E-state index in [2.05, 4.69) is 17.1 Å². The molecule has 0 bridgehead atoms. The normalized spacial score (nSPS) is 19.9. The molecule has 1 saturated heterocycles. The van der Waals surface area contributed by atoms with Gasteiger partial charge >= 0.3 is 5.82 Å². The second-order valence-electron chi connectivity index (χ2n) is 4.49. The number of H-pyrrole nitrogens is 1. The highest BCUT2D eigenvalue weighted by Gasteiger charge is 2.30. The minimum absolute atomic E-state index is 0.0718. The Morgan fingerprint density at radius 3 is 2.94 bits per heavy atom. The fraction of sp³-hybridized carbons (Fsp3) is 0.600. The quantitative estimate of drug-likeness (QED) is 0.657. The predicted octanol–water partition coefficient (Wildman–Crippen LogP) is 1.84. The van der Waals surface area contributed by atoms with Gasteiger partial charge in [-0.15, -0.1) is 5.10 Å². The fourth-order valence-corrected chi connectivity index (χ4v) is 2.34. The molecular weight excluding hydrogens is 260 g/mol. The molecule has 0 spiro atoms. The molecule has 0 radical (unpaired) electrons. The molecule has 1 aliphatic heterocycles. The van der Waals surface area contributed by atoms with Gasteiger partial charge in [0, 0.05) is 13.1 Å². The Labute approximate surface area is 108 Å². The van der Waals surface area contributed by atoms with Crippen molar-refractivity contribution in [2.45, 2.75) is 19.8 Å². The first-order chi connectivity index (χ1) is 8.50. The molecule has 0 aromatic carbocycles. The van der Waals surface area contributed by atoms with Gasteiger partial charge in [0.25, 0.3) is 5.91 Å². The summed E-state index contributed by atoms with van der Waals surface area (Å²) in [5, 5.41) is 16.2. The Hall–Kier alpha value is -1.63. The second kappa shape index (κ2) is 4.93. The molecule has 2 rings (SSSR count). The number of carbonyl (C=O) groups is 1. The van der Waals surface area contributed by atoms with Gasteiger partial charge < -0.3 is 15.0 Å². The van der Waals surface area contributed by atoms with Crippen LogP contribution >= 0.6 is 11.6 Å². The molecule has 1 atom stereocenters. The SMILES string of the molecule is CC1CCCN(C(=O)c2n[nH]c([N+](=O)[O-])c2Cl)C1. The number of halogens is 1. The van der Waals surface area contributed by atoms with Crippen molar-refractivity contribution in [3.63, 3.8) is 0 Å². The second-order valence-corrected chi connectivity index (χ2v) is 4.87. The third-order valence-corrected chi connectivity index (χ3v) is 3.38. The smallest absolute Gasteiger partial charge is 0.358 e. The van der Waals surface area contributed by atoms with Gasteiger partial charge in [0.15, 0.2) is 10.7 Å². The minimum Gasteiger partial charge on any atom is -0.358 e. The average molecular weight is 273 g/mol. The molecule has 1 unspecified atom stereocenters. The van der Waals surface area contributed by atoms with E-state index in [-0.39, 0.29) is 16.6 Å². The van der Waals surface area contributed by atoms with Crippen LogP contribution in [-0.2, 0) is 0 Å². The highest BCUT2D eigenvalue weighted by molar-refractivity contribution is 6.35. The number of hydrogen-bond donors (Lipinski definition) is 1. The van der Waals surface area contributed by atoms with E-state index in [1.54, 1.807) is 4.90 Å². The lowest BCUT2D eigenvalue weighted by atomic mass is 10.00. The van der Waals surface area contributed by atoms with Gasteiger partial charge in [0.2, 0.25) is 0 Å². The van der Waals surface area contributed by atoms with Gasteiger partial charge in [-0.05, 0) is 23.7 Å². The first-order valence-corrected chi connectivity index (χ1v) is 6.06. The number of nitrogens with one attached hydrogen (secondary N) is 1. The van der Waals surface area contributed by atoms with E-state index < -0.39 is 10.7 Å². The molecule has 1 N–H and O–H groups in total. The molecule has 2 heterocycles. The van der Waals surface area contributed by atoms with Crippen LogP contribution < -0.4 is 0 Å². The van der Waals surface area contributed by atoms with Gasteiger partial charge in [-0.3, -0.25) is 4.79 Å². The molecule has 8 heteroatoms. The lowest BCUT2D eigenvalue weighted by Gasteiger charge is -2.30. The predicted molar refractivity (Wildman–Crippen MR) is 64.6 cm³/mol. The van der Waals surface area contributed by atoms with E-state index in [0.717, 1.165) is 12.8 Å². The zero-order valence-corrected chi connectivity index (χ0v) is 10.6. The lowest BCUT2D eigenvalue weighted by Crippen LogP contribution is -2.39. The summed E-state index contributed by atoms with van der Waals surface area (Å²) in [7, 11) is 0. The minimum atomic E-state index is -0.690. The summed E-state index contributed by atoms with van der Waals surface area (Å²) >= 11 is 5.79. The molecule has 7 nitrogen and oxygen atoms in total. The zero-order chi connectivity index (χ0) is 13.3. The molecule has 1 aromatic heterocycles. The van der Waals surface area contributed by atoms with E-state index in [1.807, 2.05) is 0 Å². The number of amides is 1. The molecule has 1 fully saturated rings. The number of aromatic nitrogens is 2. The van der Waals surface area contributed by atoms with Crippen LogP contribution in [0.25, 0.3) is 0 Å². The Bertz CT molecular complexity index is 487. The van der Waals surface area contributed by atoms with Crippen molar-refractivity contribution in [3.8, 4) is 0 Å². The maximum absolute atomic E-state index is 12.1. The van der Waals surface area contributed by atoms with Crippen molar-refractivity contribution in [2.75, 3.05) is 13.1 Å². The van der Waals surface area contributed by atoms with Crippen LogP contribution in [-0.4, -0.2) is 39.0 Å². The van der Waals surface area contributed by atoms with Gasteiger partial charge in [-0.25, -0.2) is 0 Å². The van der Waals surface area contributed by atoms with E-state index in [1.165, 1.54) is 0 Å². The zero-order valence-electron chi connectivity index (χ0n) is 9.85. The third kappa shape index (κ3) is 2.31. The van der Waals surface area contributed by atoms with Crippen LogP contribution in [0.5, 0.6) is 0 Å². The number of hydrogen-bond acceptors (Lipinski definition) is 4. The van der Waals surface area contributed by atoms with Crippen molar-refractivity contribution in [1.82, 2.24) is 15.1 Å². The van der Waals surface area contributed by atoms with Crippen LogP contribution in [0.2, 0.25) is 5.02 Å². The van der Waals surface area contributed by atoms with Crippen LogP contribution in [0, 0.1) is 16.0 Å². The number of nitro groups is 1. The topological polar surface area (TPSA) is 92.1 Å².